The van der Waals surface area contributed by atoms with E-state index in [1.165, 1.54) is 11.1 Å². The largest absolute Gasteiger partial charge is 0.491 e. The summed E-state index contributed by atoms with van der Waals surface area (Å²) in [5.41, 5.74) is 3.75. The Labute approximate surface area is 153 Å². The van der Waals surface area contributed by atoms with Gasteiger partial charge in [-0.3, -0.25) is 4.79 Å². The maximum Gasteiger partial charge on any atom is 0.338 e. The zero-order valence-corrected chi connectivity index (χ0v) is 15.1. The molecule has 0 aliphatic heterocycles. The van der Waals surface area contributed by atoms with E-state index in [0.717, 1.165) is 24.9 Å². The van der Waals surface area contributed by atoms with Crippen LogP contribution in [-0.4, -0.2) is 24.6 Å². The first kappa shape index (κ1) is 18.0. The molecule has 1 amide bonds. The number of benzene rings is 2. The number of aryl methyl sites for hydroxylation is 2. The lowest BCUT2D eigenvalue weighted by molar-refractivity contribution is -0.119. The molecule has 0 aromatic heterocycles. The van der Waals surface area contributed by atoms with Crippen LogP contribution in [0.1, 0.15) is 41.8 Å². The SMILES string of the molecule is CC(C)Oc1ccc(C(=O)OCC(=O)Nc2ccc3c(c2)CCC3)cc1. The van der Waals surface area contributed by atoms with Gasteiger partial charge in [-0.25, -0.2) is 4.79 Å². The number of hydrogen-bond donors (Lipinski definition) is 1. The van der Waals surface area contributed by atoms with Crippen LogP contribution in [0.25, 0.3) is 0 Å². The smallest absolute Gasteiger partial charge is 0.338 e. The van der Waals surface area contributed by atoms with Crippen LogP contribution in [0.3, 0.4) is 0 Å². The van der Waals surface area contributed by atoms with Gasteiger partial charge in [0.15, 0.2) is 6.61 Å². The monoisotopic (exact) mass is 353 g/mol. The molecule has 1 aliphatic rings. The topological polar surface area (TPSA) is 64.6 Å². The predicted molar refractivity (Wildman–Crippen MR) is 99.6 cm³/mol. The fourth-order valence-electron chi connectivity index (χ4n) is 3.00. The summed E-state index contributed by atoms with van der Waals surface area (Å²) >= 11 is 0. The quantitative estimate of drug-likeness (QED) is 0.803. The number of amides is 1. The Bertz CT molecular complexity index is 796. The third kappa shape index (κ3) is 4.63. The zero-order chi connectivity index (χ0) is 18.5. The Hall–Kier alpha value is -2.82. The summed E-state index contributed by atoms with van der Waals surface area (Å²) in [5.74, 6) is -0.202. The van der Waals surface area contributed by atoms with Gasteiger partial charge in [-0.1, -0.05) is 6.07 Å². The molecule has 3 rings (SSSR count). The standard InChI is InChI=1S/C21H23NO4/c1-14(2)26-19-10-7-16(8-11-19)21(24)25-13-20(23)22-18-9-6-15-4-3-5-17(15)12-18/h6-12,14H,3-5,13H2,1-2H3,(H,22,23). The highest BCUT2D eigenvalue weighted by Gasteiger charge is 2.13. The van der Waals surface area contributed by atoms with Gasteiger partial charge in [0.2, 0.25) is 0 Å². The average Bonchev–Trinajstić information content (AvgIpc) is 3.07. The molecular formula is C21H23NO4. The van der Waals surface area contributed by atoms with Crippen molar-refractivity contribution in [2.24, 2.45) is 0 Å². The third-order valence-electron chi connectivity index (χ3n) is 4.18. The van der Waals surface area contributed by atoms with Gasteiger partial charge in [0.25, 0.3) is 5.91 Å². The second-order valence-electron chi connectivity index (χ2n) is 6.65. The number of hydrogen-bond acceptors (Lipinski definition) is 4. The predicted octanol–water partition coefficient (Wildman–Crippen LogP) is 3.76. The fraction of sp³-hybridized carbons (Fsp3) is 0.333. The number of fused-ring (bicyclic) bond motifs is 1. The summed E-state index contributed by atoms with van der Waals surface area (Å²) < 4.78 is 10.6. The van der Waals surface area contributed by atoms with E-state index in [2.05, 4.69) is 5.32 Å². The number of anilines is 1. The lowest BCUT2D eigenvalue weighted by Crippen LogP contribution is -2.21. The van der Waals surface area contributed by atoms with Crippen LogP contribution in [0.5, 0.6) is 5.75 Å². The highest BCUT2D eigenvalue weighted by Crippen LogP contribution is 2.24. The highest BCUT2D eigenvalue weighted by molar-refractivity contribution is 5.95. The molecule has 0 atom stereocenters. The second kappa shape index (κ2) is 8.04. The molecule has 0 fully saturated rings. The van der Waals surface area contributed by atoms with Crippen LogP contribution >= 0.6 is 0 Å². The summed E-state index contributed by atoms with van der Waals surface area (Å²) in [6.45, 7) is 3.55. The number of carbonyl (C=O) groups is 2. The fourth-order valence-corrected chi connectivity index (χ4v) is 3.00. The molecule has 0 radical (unpaired) electrons. The van der Waals surface area contributed by atoms with Gasteiger partial charge in [0.05, 0.1) is 11.7 Å². The first-order valence-corrected chi connectivity index (χ1v) is 8.87. The second-order valence-corrected chi connectivity index (χ2v) is 6.65. The van der Waals surface area contributed by atoms with Crippen molar-refractivity contribution < 1.29 is 19.1 Å². The van der Waals surface area contributed by atoms with Gasteiger partial charge in [-0.15, -0.1) is 0 Å². The van der Waals surface area contributed by atoms with E-state index >= 15 is 0 Å². The minimum absolute atomic E-state index is 0.0655. The van der Waals surface area contributed by atoms with Crippen LogP contribution in [0.15, 0.2) is 42.5 Å². The highest BCUT2D eigenvalue weighted by atomic mass is 16.5. The van der Waals surface area contributed by atoms with Crippen molar-refractivity contribution in [2.45, 2.75) is 39.2 Å². The summed E-state index contributed by atoms with van der Waals surface area (Å²) in [6.07, 6.45) is 3.37. The number of ether oxygens (including phenoxy) is 2. The van der Waals surface area contributed by atoms with Gasteiger partial charge in [-0.2, -0.15) is 0 Å². The summed E-state index contributed by atoms with van der Waals surface area (Å²) in [7, 11) is 0. The molecule has 2 aromatic rings. The first-order chi connectivity index (χ1) is 12.5. The maximum absolute atomic E-state index is 12.0. The van der Waals surface area contributed by atoms with Crippen LogP contribution < -0.4 is 10.1 Å². The first-order valence-electron chi connectivity index (χ1n) is 8.87. The van der Waals surface area contributed by atoms with E-state index < -0.39 is 5.97 Å². The Balaban J connectivity index is 1.50. The van der Waals surface area contributed by atoms with Gasteiger partial charge < -0.3 is 14.8 Å². The Morgan fingerprint density at radius 1 is 1.04 bits per heavy atom. The van der Waals surface area contributed by atoms with Crippen molar-refractivity contribution >= 4 is 17.6 Å². The van der Waals surface area contributed by atoms with E-state index in [1.54, 1.807) is 24.3 Å². The molecule has 0 spiro atoms. The molecule has 0 saturated carbocycles. The number of esters is 1. The Morgan fingerprint density at radius 3 is 2.50 bits per heavy atom. The normalized spacial score (nSPS) is 12.6. The van der Waals surface area contributed by atoms with Crippen LogP contribution in [-0.2, 0) is 22.4 Å². The van der Waals surface area contributed by atoms with E-state index in [0.29, 0.717) is 11.3 Å². The van der Waals surface area contributed by atoms with Gasteiger partial charge in [0.1, 0.15) is 5.75 Å². The maximum atomic E-state index is 12.0. The zero-order valence-electron chi connectivity index (χ0n) is 15.1. The minimum atomic E-state index is -0.537. The van der Waals surface area contributed by atoms with E-state index in [-0.39, 0.29) is 18.6 Å². The third-order valence-corrected chi connectivity index (χ3v) is 4.18. The van der Waals surface area contributed by atoms with Crippen molar-refractivity contribution in [3.05, 3.63) is 59.2 Å². The van der Waals surface area contributed by atoms with Crippen LogP contribution in [0, 0.1) is 0 Å². The molecule has 2 aromatic carbocycles. The molecule has 1 aliphatic carbocycles. The molecule has 0 saturated heterocycles. The molecule has 5 heteroatoms. The lowest BCUT2D eigenvalue weighted by Gasteiger charge is -2.10. The molecular weight excluding hydrogens is 330 g/mol. The summed E-state index contributed by atoms with van der Waals surface area (Å²) in [6, 6.07) is 12.6. The molecule has 26 heavy (non-hydrogen) atoms. The van der Waals surface area contributed by atoms with Gasteiger partial charge in [0, 0.05) is 5.69 Å². The number of nitrogens with one attached hydrogen (secondary N) is 1. The molecule has 0 unspecified atom stereocenters. The van der Waals surface area contributed by atoms with Gasteiger partial charge in [-0.05, 0) is 80.6 Å². The van der Waals surface area contributed by atoms with Crippen LogP contribution in [0.2, 0.25) is 0 Å². The van der Waals surface area contributed by atoms with E-state index in [1.807, 2.05) is 32.0 Å². The molecule has 1 N–H and O–H groups in total. The summed E-state index contributed by atoms with van der Waals surface area (Å²) in [5, 5.41) is 2.77. The average molecular weight is 353 g/mol. The molecule has 136 valence electrons. The lowest BCUT2D eigenvalue weighted by atomic mass is 10.1. The van der Waals surface area contributed by atoms with Crippen molar-refractivity contribution in [1.29, 1.82) is 0 Å². The number of carbonyl (C=O) groups excluding carboxylic acids is 2. The van der Waals surface area contributed by atoms with Crippen molar-refractivity contribution in [1.82, 2.24) is 0 Å². The van der Waals surface area contributed by atoms with Gasteiger partial charge >= 0.3 is 5.97 Å². The molecule has 5 nitrogen and oxygen atoms in total. The Morgan fingerprint density at radius 2 is 1.77 bits per heavy atom. The van der Waals surface area contributed by atoms with Crippen molar-refractivity contribution in [2.75, 3.05) is 11.9 Å². The minimum Gasteiger partial charge on any atom is -0.491 e. The van der Waals surface area contributed by atoms with Crippen molar-refractivity contribution in [3.63, 3.8) is 0 Å². The Kier molecular flexibility index (Phi) is 5.56. The molecule has 0 heterocycles. The van der Waals surface area contributed by atoms with E-state index in [4.69, 9.17) is 9.47 Å². The van der Waals surface area contributed by atoms with Crippen LogP contribution in [0.4, 0.5) is 5.69 Å². The summed E-state index contributed by atoms with van der Waals surface area (Å²) in [4.78, 5) is 24.1. The molecule has 0 bridgehead atoms. The van der Waals surface area contributed by atoms with Crippen molar-refractivity contribution in [3.8, 4) is 5.75 Å². The van der Waals surface area contributed by atoms with E-state index in [9.17, 15) is 9.59 Å². The number of rotatable bonds is 6.